The predicted molar refractivity (Wildman–Crippen MR) is 53.5 cm³/mol. The summed E-state index contributed by atoms with van der Waals surface area (Å²) in [5.41, 5.74) is 7.12. The van der Waals surface area contributed by atoms with Crippen molar-refractivity contribution in [2.45, 2.75) is 19.4 Å². The van der Waals surface area contributed by atoms with E-state index in [0.717, 1.165) is 17.0 Å². The van der Waals surface area contributed by atoms with Crippen LogP contribution in [0.3, 0.4) is 0 Å². The first-order valence-corrected chi connectivity index (χ1v) is 4.43. The van der Waals surface area contributed by atoms with Gasteiger partial charge in [-0.05, 0) is 19.9 Å². The Bertz CT molecular complexity index is 465. The fourth-order valence-corrected chi connectivity index (χ4v) is 1.51. The van der Waals surface area contributed by atoms with Crippen molar-refractivity contribution in [3.05, 3.63) is 18.1 Å². The van der Waals surface area contributed by atoms with Crippen LogP contribution in [0.15, 0.2) is 12.3 Å². The molecule has 0 atom stereocenters. The van der Waals surface area contributed by atoms with Gasteiger partial charge in [-0.1, -0.05) is 0 Å². The molecular weight excluding hydrogens is 178 g/mol. The molecule has 0 spiro atoms. The number of imidazole rings is 1. The average molecular weight is 191 g/mol. The largest absolute Gasteiger partial charge is 0.319 e. The zero-order chi connectivity index (χ0) is 10.3. The maximum absolute atomic E-state index is 5.99. The molecule has 0 radical (unpaired) electrons. The SMILES string of the molecule is Cn1c(C(C)(C)N)nc2ccnnc21. The fraction of sp³-hybridized carbons (Fsp3) is 0.444. The maximum Gasteiger partial charge on any atom is 0.182 e. The molecule has 74 valence electrons. The molecule has 0 fully saturated rings. The summed E-state index contributed by atoms with van der Waals surface area (Å²) in [6.45, 7) is 3.84. The molecule has 0 aromatic carbocycles. The summed E-state index contributed by atoms with van der Waals surface area (Å²) in [4.78, 5) is 4.42. The summed E-state index contributed by atoms with van der Waals surface area (Å²) in [5.74, 6) is 0.813. The number of nitrogens with zero attached hydrogens (tertiary/aromatic N) is 4. The molecule has 5 nitrogen and oxygen atoms in total. The lowest BCUT2D eigenvalue weighted by molar-refractivity contribution is 0.497. The van der Waals surface area contributed by atoms with Crippen LogP contribution in [0, 0.1) is 0 Å². The van der Waals surface area contributed by atoms with E-state index in [1.807, 2.05) is 31.5 Å². The Labute approximate surface area is 82.0 Å². The highest BCUT2D eigenvalue weighted by atomic mass is 15.2. The molecule has 0 unspecified atom stereocenters. The molecule has 5 heteroatoms. The third-order valence-corrected chi connectivity index (χ3v) is 2.12. The number of nitrogens with two attached hydrogens (primary N) is 1. The monoisotopic (exact) mass is 191 g/mol. The van der Waals surface area contributed by atoms with E-state index in [9.17, 15) is 0 Å². The summed E-state index contributed by atoms with van der Waals surface area (Å²) >= 11 is 0. The van der Waals surface area contributed by atoms with E-state index in [0.29, 0.717) is 0 Å². The van der Waals surface area contributed by atoms with E-state index < -0.39 is 5.54 Å². The van der Waals surface area contributed by atoms with Crippen LogP contribution < -0.4 is 5.73 Å². The summed E-state index contributed by atoms with van der Waals surface area (Å²) in [5, 5.41) is 7.83. The Hall–Kier alpha value is -1.49. The van der Waals surface area contributed by atoms with Crippen LogP contribution in [0.4, 0.5) is 0 Å². The predicted octanol–water partition coefficient (Wildman–Crippen LogP) is 0.557. The van der Waals surface area contributed by atoms with Crippen molar-refractivity contribution in [1.82, 2.24) is 19.7 Å². The second-order valence-corrected chi connectivity index (χ2v) is 3.96. The highest BCUT2D eigenvalue weighted by Gasteiger charge is 2.21. The third kappa shape index (κ3) is 1.26. The fourth-order valence-electron chi connectivity index (χ4n) is 1.51. The topological polar surface area (TPSA) is 69.6 Å². The van der Waals surface area contributed by atoms with Gasteiger partial charge in [0.25, 0.3) is 0 Å². The van der Waals surface area contributed by atoms with E-state index in [-0.39, 0.29) is 0 Å². The molecule has 2 aromatic rings. The minimum Gasteiger partial charge on any atom is -0.319 e. The van der Waals surface area contributed by atoms with Gasteiger partial charge in [0.15, 0.2) is 5.65 Å². The van der Waals surface area contributed by atoms with Gasteiger partial charge in [0.2, 0.25) is 0 Å². The van der Waals surface area contributed by atoms with Crippen molar-refractivity contribution in [1.29, 1.82) is 0 Å². The molecule has 2 aromatic heterocycles. The van der Waals surface area contributed by atoms with Crippen LogP contribution in [0.1, 0.15) is 19.7 Å². The number of hydrogen-bond acceptors (Lipinski definition) is 4. The molecule has 0 saturated heterocycles. The summed E-state index contributed by atoms with van der Waals surface area (Å²) in [6.07, 6.45) is 1.63. The number of rotatable bonds is 1. The van der Waals surface area contributed by atoms with Gasteiger partial charge in [-0.3, -0.25) is 0 Å². The van der Waals surface area contributed by atoms with Crippen LogP contribution in [0.5, 0.6) is 0 Å². The van der Waals surface area contributed by atoms with Gasteiger partial charge in [0, 0.05) is 7.05 Å². The molecule has 0 aliphatic carbocycles. The van der Waals surface area contributed by atoms with E-state index in [1.165, 1.54) is 0 Å². The number of hydrogen-bond donors (Lipinski definition) is 1. The van der Waals surface area contributed by atoms with Crippen LogP contribution in [0.2, 0.25) is 0 Å². The number of aryl methyl sites for hydroxylation is 1. The lowest BCUT2D eigenvalue weighted by Gasteiger charge is -2.17. The van der Waals surface area contributed by atoms with Gasteiger partial charge in [-0.25, -0.2) is 4.98 Å². The third-order valence-electron chi connectivity index (χ3n) is 2.12. The van der Waals surface area contributed by atoms with Gasteiger partial charge in [0.1, 0.15) is 11.3 Å². The molecule has 0 amide bonds. The molecule has 0 aliphatic heterocycles. The summed E-state index contributed by atoms with van der Waals surface area (Å²) in [6, 6.07) is 1.83. The Morgan fingerprint density at radius 2 is 2.14 bits per heavy atom. The Morgan fingerprint density at radius 3 is 2.71 bits per heavy atom. The molecule has 0 bridgehead atoms. The molecule has 0 aliphatic rings. The minimum absolute atomic E-state index is 0.463. The van der Waals surface area contributed by atoms with E-state index >= 15 is 0 Å². The van der Waals surface area contributed by atoms with Crippen LogP contribution in [-0.2, 0) is 12.6 Å². The number of fused-ring (bicyclic) bond motifs is 1. The van der Waals surface area contributed by atoms with E-state index in [4.69, 9.17) is 5.73 Å². The van der Waals surface area contributed by atoms with Crippen molar-refractivity contribution in [2.75, 3.05) is 0 Å². The van der Waals surface area contributed by atoms with Gasteiger partial charge < -0.3 is 10.3 Å². The second kappa shape index (κ2) is 2.75. The first-order chi connectivity index (χ1) is 6.50. The van der Waals surface area contributed by atoms with Gasteiger partial charge in [0.05, 0.1) is 11.7 Å². The average Bonchev–Trinajstić information content (AvgIpc) is 2.44. The van der Waals surface area contributed by atoms with Crippen LogP contribution in [0.25, 0.3) is 11.2 Å². The minimum atomic E-state index is -0.463. The molecule has 2 N–H and O–H groups in total. The summed E-state index contributed by atoms with van der Waals surface area (Å²) < 4.78 is 1.88. The Morgan fingerprint density at radius 1 is 1.43 bits per heavy atom. The molecule has 2 heterocycles. The lowest BCUT2D eigenvalue weighted by atomic mass is 10.1. The molecular formula is C9H13N5. The van der Waals surface area contributed by atoms with Gasteiger partial charge in [-0.2, -0.15) is 5.10 Å². The Kier molecular flexibility index (Phi) is 1.78. The quantitative estimate of drug-likeness (QED) is 0.715. The standard InChI is InChI=1S/C9H13N5/c1-9(2,10)8-12-6-4-5-11-13-7(6)14(8)3/h4-5H,10H2,1-3H3. The van der Waals surface area contributed by atoms with Crippen molar-refractivity contribution in [2.24, 2.45) is 12.8 Å². The van der Waals surface area contributed by atoms with Crippen LogP contribution >= 0.6 is 0 Å². The van der Waals surface area contributed by atoms with E-state index in [1.54, 1.807) is 6.20 Å². The van der Waals surface area contributed by atoms with Crippen molar-refractivity contribution >= 4 is 11.2 Å². The maximum atomic E-state index is 5.99. The normalized spacial score (nSPS) is 12.3. The Balaban J connectivity index is 2.75. The first-order valence-electron chi connectivity index (χ1n) is 4.43. The summed E-state index contributed by atoms with van der Waals surface area (Å²) in [7, 11) is 1.90. The highest BCUT2D eigenvalue weighted by Crippen LogP contribution is 2.19. The molecule has 14 heavy (non-hydrogen) atoms. The van der Waals surface area contributed by atoms with Gasteiger partial charge >= 0.3 is 0 Å². The van der Waals surface area contributed by atoms with Crippen molar-refractivity contribution < 1.29 is 0 Å². The van der Waals surface area contributed by atoms with E-state index in [2.05, 4.69) is 15.2 Å². The smallest absolute Gasteiger partial charge is 0.182 e. The van der Waals surface area contributed by atoms with Crippen molar-refractivity contribution in [3.8, 4) is 0 Å². The molecule has 0 saturated carbocycles. The van der Waals surface area contributed by atoms with Gasteiger partial charge in [-0.15, -0.1) is 5.10 Å². The van der Waals surface area contributed by atoms with Crippen molar-refractivity contribution in [3.63, 3.8) is 0 Å². The van der Waals surface area contributed by atoms with Crippen LogP contribution in [-0.4, -0.2) is 19.7 Å². The second-order valence-electron chi connectivity index (χ2n) is 3.96. The first kappa shape index (κ1) is 9.08. The number of aromatic nitrogens is 4. The molecule has 2 rings (SSSR count). The highest BCUT2D eigenvalue weighted by molar-refractivity contribution is 5.70. The zero-order valence-electron chi connectivity index (χ0n) is 8.52. The zero-order valence-corrected chi connectivity index (χ0v) is 8.52. The lowest BCUT2D eigenvalue weighted by Crippen LogP contribution is -2.32.